The van der Waals surface area contributed by atoms with Gasteiger partial charge < -0.3 is 9.80 Å². The van der Waals surface area contributed by atoms with Gasteiger partial charge in [-0.25, -0.2) is 9.97 Å². The first-order valence-electron chi connectivity index (χ1n) is 8.43. The van der Waals surface area contributed by atoms with Crippen molar-refractivity contribution in [1.82, 2.24) is 14.9 Å². The molecule has 140 valence electrons. The van der Waals surface area contributed by atoms with Crippen molar-refractivity contribution in [3.8, 4) is 0 Å². The zero-order chi connectivity index (χ0) is 18.7. The summed E-state index contributed by atoms with van der Waals surface area (Å²) in [6.07, 6.45) is -1.45. The van der Waals surface area contributed by atoms with Gasteiger partial charge in [0, 0.05) is 43.4 Å². The fraction of sp³-hybridized carbons (Fsp3) is 0.444. The molecule has 1 aliphatic rings. The van der Waals surface area contributed by atoms with Gasteiger partial charge in [0.2, 0.25) is 5.95 Å². The van der Waals surface area contributed by atoms with E-state index in [0.29, 0.717) is 0 Å². The van der Waals surface area contributed by atoms with Gasteiger partial charge in [-0.05, 0) is 36.6 Å². The Morgan fingerprint density at radius 2 is 1.96 bits per heavy atom. The Morgan fingerprint density at radius 1 is 1.23 bits per heavy atom. The number of halogens is 4. The maximum absolute atomic E-state index is 12.8. The predicted molar refractivity (Wildman–Crippen MR) is 98.1 cm³/mol. The maximum atomic E-state index is 12.8. The molecule has 1 unspecified atom stereocenters. The van der Waals surface area contributed by atoms with Crippen molar-refractivity contribution in [1.29, 1.82) is 0 Å². The largest absolute Gasteiger partial charge is 0.433 e. The van der Waals surface area contributed by atoms with E-state index in [9.17, 15) is 13.2 Å². The normalized spacial score (nSPS) is 18.3. The number of likely N-dealkylation sites (tertiary alicyclic amines) is 1. The Hall–Kier alpha value is -1.67. The zero-order valence-electron chi connectivity index (χ0n) is 14.4. The predicted octanol–water partition coefficient (Wildman–Crippen LogP) is 4.01. The van der Waals surface area contributed by atoms with Crippen molar-refractivity contribution in [2.75, 3.05) is 31.6 Å². The summed E-state index contributed by atoms with van der Waals surface area (Å²) in [5, 5.41) is 0. The number of aromatic nitrogens is 2. The monoisotopic (exact) mass is 428 g/mol. The lowest BCUT2D eigenvalue weighted by atomic mass is 10.1. The van der Waals surface area contributed by atoms with Gasteiger partial charge in [0.15, 0.2) is 0 Å². The molecule has 0 saturated carbocycles. The number of hydrogen-bond donors (Lipinski definition) is 0. The number of nitrogens with zero attached hydrogens (tertiary/aromatic N) is 4. The van der Waals surface area contributed by atoms with Crippen LogP contribution in [-0.2, 0) is 12.6 Å². The van der Waals surface area contributed by atoms with Crippen LogP contribution in [0.2, 0.25) is 0 Å². The Balaban J connectivity index is 1.57. The summed E-state index contributed by atoms with van der Waals surface area (Å²) >= 11 is 3.43. The van der Waals surface area contributed by atoms with Crippen molar-refractivity contribution in [2.24, 2.45) is 0 Å². The molecule has 4 nitrogen and oxygen atoms in total. The third kappa shape index (κ3) is 4.73. The molecule has 26 heavy (non-hydrogen) atoms. The maximum Gasteiger partial charge on any atom is 0.433 e. The number of alkyl halides is 3. The van der Waals surface area contributed by atoms with Crippen LogP contribution >= 0.6 is 15.9 Å². The van der Waals surface area contributed by atoms with Crippen molar-refractivity contribution in [3.63, 3.8) is 0 Å². The van der Waals surface area contributed by atoms with Gasteiger partial charge in [-0.2, -0.15) is 13.2 Å². The third-order valence-corrected chi connectivity index (χ3v) is 5.20. The van der Waals surface area contributed by atoms with Gasteiger partial charge in [-0.3, -0.25) is 0 Å². The summed E-state index contributed by atoms with van der Waals surface area (Å²) < 4.78 is 39.6. The van der Waals surface area contributed by atoms with E-state index in [1.807, 2.05) is 12.1 Å². The van der Waals surface area contributed by atoms with E-state index in [1.54, 1.807) is 11.9 Å². The van der Waals surface area contributed by atoms with Crippen LogP contribution in [0.1, 0.15) is 17.7 Å². The smallest absolute Gasteiger partial charge is 0.340 e. The molecular formula is C18H20BrF3N4. The van der Waals surface area contributed by atoms with E-state index in [-0.39, 0.29) is 12.0 Å². The number of rotatable bonds is 5. The SMILES string of the molecule is CN(c1nccc(C(F)(F)F)n1)C1CCN(CCc2ccc(Br)cc2)C1. The quantitative estimate of drug-likeness (QED) is 0.719. The van der Waals surface area contributed by atoms with E-state index in [1.165, 1.54) is 11.8 Å². The van der Waals surface area contributed by atoms with Crippen LogP contribution in [0, 0.1) is 0 Å². The van der Waals surface area contributed by atoms with Gasteiger partial charge in [0.25, 0.3) is 0 Å². The summed E-state index contributed by atoms with van der Waals surface area (Å²) in [5.41, 5.74) is 0.366. The van der Waals surface area contributed by atoms with Gasteiger partial charge in [0.05, 0.1) is 0 Å². The number of hydrogen-bond acceptors (Lipinski definition) is 4. The van der Waals surface area contributed by atoms with Crippen LogP contribution in [-0.4, -0.2) is 47.6 Å². The van der Waals surface area contributed by atoms with E-state index in [2.05, 4.69) is 42.9 Å². The molecule has 1 fully saturated rings. The molecule has 0 aliphatic carbocycles. The minimum absolute atomic E-state index is 0.114. The highest BCUT2D eigenvalue weighted by molar-refractivity contribution is 9.10. The molecule has 0 N–H and O–H groups in total. The van der Waals surface area contributed by atoms with Crippen LogP contribution in [0.5, 0.6) is 0 Å². The lowest BCUT2D eigenvalue weighted by Crippen LogP contribution is -2.36. The minimum atomic E-state index is -4.45. The third-order valence-electron chi connectivity index (χ3n) is 4.67. The van der Waals surface area contributed by atoms with Crippen LogP contribution in [0.4, 0.5) is 19.1 Å². The topological polar surface area (TPSA) is 32.3 Å². The molecule has 0 bridgehead atoms. The number of likely N-dealkylation sites (N-methyl/N-ethyl adjacent to an activating group) is 1. The molecular weight excluding hydrogens is 409 g/mol. The molecule has 2 heterocycles. The molecule has 1 saturated heterocycles. The molecule has 2 aromatic rings. The Bertz CT molecular complexity index is 736. The first kappa shape index (κ1) is 19.1. The fourth-order valence-electron chi connectivity index (χ4n) is 3.11. The summed E-state index contributed by atoms with van der Waals surface area (Å²) in [6, 6.07) is 9.27. The van der Waals surface area contributed by atoms with Gasteiger partial charge >= 0.3 is 6.18 Å². The molecule has 3 rings (SSSR count). The fourth-order valence-corrected chi connectivity index (χ4v) is 3.37. The van der Waals surface area contributed by atoms with E-state index in [4.69, 9.17) is 0 Å². The number of anilines is 1. The molecule has 1 aromatic heterocycles. The zero-order valence-corrected chi connectivity index (χ0v) is 16.0. The minimum Gasteiger partial charge on any atom is -0.340 e. The second-order valence-corrected chi connectivity index (χ2v) is 7.39. The van der Waals surface area contributed by atoms with Gasteiger partial charge in [0.1, 0.15) is 5.69 Å². The molecule has 1 aliphatic heterocycles. The average molecular weight is 429 g/mol. The second-order valence-electron chi connectivity index (χ2n) is 6.47. The first-order valence-corrected chi connectivity index (χ1v) is 9.22. The molecule has 1 aromatic carbocycles. The summed E-state index contributed by atoms with van der Waals surface area (Å²) in [6.45, 7) is 2.65. The van der Waals surface area contributed by atoms with Gasteiger partial charge in [-0.15, -0.1) is 0 Å². The van der Waals surface area contributed by atoms with Crippen molar-refractivity contribution >= 4 is 21.9 Å². The van der Waals surface area contributed by atoms with Gasteiger partial charge in [-0.1, -0.05) is 28.1 Å². The van der Waals surface area contributed by atoms with Crippen molar-refractivity contribution < 1.29 is 13.2 Å². The Labute approximate surface area is 159 Å². The molecule has 0 spiro atoms. The average Bonchev–Trinajstić information content (AvgIpc) is 3.09. The second kappa shape index (κ2) is 7.92. The number of benzene rings is 1. The molecule has 0 amide bonds. The first-order chi connectivity index (χ1) is 12.3. The summed E-state index contributed by atoms with van der Waals surface area (Å²) in [7, 11) is 1.76. The van der Waals surface area contributed by atoms with Crippen LogP contribution in [0.15, 0.2) is 41.0 Å². The highest BCUT2D eigenvalue weighted by Crippen LogP contribution is 2.28. The van der Waals surface area contributed by atoms with Crippen LogP contribution < -0.4 is 4.90 Å². The molecule has 8 heteroatoms. The Kier molecular flexibility index (Phi) is 5.82. The van der Waals surface area contributed by atoms with E-state index in [0.717, 1.165) is 43.0 Å². The lowest BCUT2D eigenvalue weighted by molar-refractivity contribution is -0.141. The Morgan fingerprint density at radius 3 is 2.65 bits per heavy atom. The lowest BCUT2D eigenvalue weighted by Gasteiger charge is -2.25. The van der Waals surface area contributed by atoms with E-state index >= 15 is 0 Å². The summed E-state index contributed by atoms with van der Waals surface area (Å²) in [5.74, 6) is 0.125. The van der Waals surface area contributed by atoms with Crippen molar-refractivity contribution in [2.45, 2.75) is 25.1 Å². The van der Waals surface area contributed by atoms with E-state index < -0.39 is 11.9 Å². The highest BCUT2D eigenvalue weighted by Gasteiger charge is 2.34. The highest BCUT2D eigenvalue weighted by atomic mass is 79.9. The molecule has 0 radical (unpaired) electrons. The van der Waals surface area contributed by atoms with Crippen LogP contribution in [0.25, 0.3) is 0 Å². The van der Waals surface area contributed by atoms with Crippen molar-refractivity contribution in [3.05, 3.63) is 52.3 Å². The molecule has 1 atom stereocenters. The standard InChI is InChI=1S/C18H20BrF3N4/c1-25(17-23-9-6-16(24-17)18(20,21)22)15-8-11-26(12-15)10-7-13-2-4-14(19)5-3-13/h2-6,9,15H,7-8,10-12H2,1H3. The summed E-state index contributed by atoms with van der Waals surface area (Å²) in [4.78, 5) is 11.8. The van der Waals surface area contributed by atoms with Crippen LogP contribution in [0.3, 0.4) is 0 Å².